The lowest BCUT2D eigenvalue weighted by Gasteiger charge is -2.14. The van der Waals surface area contributed by atoms with Crippen LogP contribution in [-0.2, 0) is 4.79 Å². The van der Waals surface area contributed by atoms with Crippen molar-refractivity contribution in [1.82, 2.24) is 5.32 Å². The summed E-state index contributed by atoms with van der Waals surface area (Å²) < 4.78 is 5.43. The van der Waals surface area contributed by atoms with E-state index >= 15 is 0 Å². The van der Waals surface area contributed by atoms with Crippen molar-refractivity contribution in [2.24, 2.45) is 0 Å². The number of nitrogens with one attached hydrogen (secondary N) is 1. The Bertz CT molecular complexity index is 377. The van der Waals surface area contributed by atoms with Gasteiger partial charge in [-0.25, -0.2) is 0 Å². The maximum absolute atomic E-state index is 11.5. The van der Waals surface area contributed by atoms with Gasteiger partial charge < -0.3 is 15.8 Å². The van der Waals surface area contributed by atoms with Gasteiger partial charge in [-0.1, -0.05) is 12.1 Å². The van der Waals surface area contributed by atoms with Crippen LogP contribution in [0.25, 0.3) is 0 Å². The highest BCUT2D eigenvalue weighted by atomic mass is 16.5. The van der Waals surface area contributed by atoms with Gasteiger partial charge in [0.2, 0.25) is 0 Å². The quantitative estimate of drug-likeness (QED) is 0.581. The van der Waals surface area contributed by atoms with Crippen LogP contribution in [0.1, 0.15) is 6.92 Å². The Balaban J connectivity index is 2.53. The van der Waals surface area contributed by atoms with Gasteiger partial charge in [-0.15, -0.1) is 6.58 Å². The van der Waals surface area contributed by atoms with Crippen molar-refractivity contribution < 1.29 is 9.53 Å². The predicted octanol–water partition coefficient (Wildman–Crippen LogP) is 1.34. The highest BCUT2D eigenvalue weighted by Gasteiger charge is 2.13. The number of nitrogens with two attached hydrogens (primary N) is 1. The fraction of sp³-hybridized carbons (Fsp3) is 0.250. The number of nitrogen functional groups attached to an aromatic ring is 1. The summed E-state index contributed by atoms with van der Waals surface area (Å²) >= 11 is 0. The van der Waals surface area contributed by atoms with Gasteiger partial charge >= 0.3 is 0 Å². The summed E-state index contributed by atoms with van der Waals surface area (Å²) in [5.41, 5.74) is 6.20. The molecule has 1 rings (SSSR count). The Morgan fingerprint density at radius 3 is 3.06 bits per heavy atom. The number of hydrogen-bond acceptors (Lipinski definition) is 3. The van der Waals surface area contributed by atoms with E-state index in [1.165, 1.54) is 0 Å². The van der Waals surface area contributed by atoms with Crippen molar-refractivity contribution in [2.45, 2.75) is 13.0 Å². The topological polar surface area (TPSA) is 64.3 Å². The van der Waals surface area contributed by atoms with Crippen LogP contribution in [0.5, 0.6) is 5.75 Å². The van der Waals surface area contributed by atoms with Crippen LogP contribution < -0.4 is 15.8 Å². The van der Waals surface area contributed by atoms with Crippen LogP contribution in [0.4, 0.5) is 5.69 Å². The average molecular weight is 220 g/mol. The number of carbonyl (C=O) groups is 1. The number of amides is 1. The van der Waals surface area contributed by atoms with Crippen molar-refractivity contribution in [2.75, 3.05) is 12.3 Å². The van der Waals surface area contributed by atoms with E-state index in [9.17, 15) is 4.79 Å². The van der Waals surface area contributed by atoms with E-state index in [4.69, 9.17) is 10.5 Å². The number of ether oxygens (including phenoxy) is 1. The zero-order chi connectivity index (χ0) is 12.0. The van der Waals surface area contributed by atoms with Crippen molar-refractivity contribution in [1.29, 1.82) is 0 Å². The summed E-state index contributed by atoms with van der Waals surface area (Å²) in [5.74, 6) is 0.406. The number of hydrogen-bond donors (Lipinski definition) is 2. The van der Waals surface area contributed by atoms with E-state index in [2.05, 4.69) is 11.9 Å². The minimum Gasteiger partial charge on any atom is -0.481 e. The summed E-state index contributed by atoms with van der Waals surface area (Å²) in [7, 11) is 0. The Morgan fingerprint density at radius 2 is 2.44 bits per heavy atom. The van der Waals surface area contributed by atoms with Crippen molar-refractivity contribution in [3.05, 3.63) is 36.9 Å². The molecule has 4 nitrogen and oxygen atoms in total. The van der Waals surface area contributed by atoms with Gasteiger partial charge in [0.25, 0.3) is 5.91 Å². The lowest BCUT2D eigenvalue weighted by atomic mass is 10.3. The number of benzene rings is 1. The summed E-state index contributed by atoms with van der Waals surface area (Å²) in [5, 5.41) is 2.65. The lowest BCUT2D eigenvalue weighted by Crippen LogP contribution is -2.36. The molecule has 0 saturated carbocycles. The molecule has 0 heterocycles. The molecule has 16 heavy (non-hydrogen) atoms. The second-order valence-corrected chi connectivity index (χ2v) is 3.37. The van der Waals surface area contributed by atoms with Gasteiger partial charge in [0, 0.05) is 18.3 Å². The van der Waals surface area contributed by atoms with Crippen LogP contribution in [0.3, 0.4) is 0 Å². The molecule has 0 aliphatic rings. The van der Waals surface area contributed by atoms with E-state index in [1.54, 1.807) is 37.3 Å². The largest absolute Gasteiger partial charge is 0.481 e. The van der Waals surface area contributed by atoms with Crippen LogP contribution in [-0.4, -0.2) is 18.6 Å². The zero-order valence-electron chi connectivity index (χ0n) is 9.27. The molecule has 4 heteroatoms. The first-order valence-electron chi connectivity index (χ1n) is 5.04. The van der Waals surface area contributed by atoms with Crippen LogP contribution in [0.15, 0.2) is 36.9 Å². The maximum atomic E-state index is 11.5. The highest BCUT2D eigenvalue weighted by Crippen LogP contribution is 2.15. The third kappa shape index (κ3) is 3.65. The third-order valence-corrected chi connectivity index (χ3v) is 1.96. The first kappa shape index (κ1) is 12.1. The fourth-order valence-corrected chi connectivity index (χ4v) is 1.16. The molecular formula is C12H16N2O2. The summed E-state index contributed by atoms with van der Waals surface area (Å²) in [4.78, 5) is 11.5. The standard InChI is InChI=1S/C12H16N2O2/c1-3-7-14-12(15)9(2)16-11-6-4-5-10(13)8-11/h3-6,8-9H,1,7,13H2,2H3,(H,14,15)/t9-/m1/s1. The lowest BCUT2D eigenvalue weighted by molar-refractivity contribution is -0.127. The molecule has 0 radical (unpaired) electrons. The normalized spacial score (nSPS) is 11.6. The zero-order valence-corrected chi connectivity index (χ0v) is 9.27. The number of carbonyl (C=O) groups excluding carboxylic acids is 1. The molecule has 0 aromatic heterocycles. The van der Waals surface area contributed by atoms with E-state index in [0.29, 0.717) is 18.0 Å². The Labute approximate surface area is 95.1 Å². The molecule has 1 amide bonds. The van der Waals surface area contributed by atoms with Gasteiger partial charge in [0.1, 0.15) is 5.75 Å². The molecule has 0 aliphatic carbocycles. The van der Waals surface area contributed by atoms with Crippen molar-refractivity contribution in [3.63, 3.8) is 0 Å². The molecule has 0 aliphatic heterocycles. The van der Waals surface area contributed by atoms with E-state index in [-0.39, 0.29) is 5.91 Å². The third-order valence-electron chi connectivity index (χ3n) is 1.96. The SMILES string of the molecule is C=CCNC(=O)[C@@H](C)Oc1cccc(N)c1. The van der Waals surface area contributed by atoms with Crippen molar-refractivity contribution >= 4 is 11.6 Å². The van der Waals surface area contributed by atoms with E-state index in [1.807, 2.05) is 0 Å². The Morgan fingerprint density at radius 1 is 1.69 bits per heavy atom. The van der Waals surface area contributed by atoms with Gasteiger partial charge in [0.15, 0.2) is 6.10 Å². The first-order valence-corrected chi connectivity index (χ1v) is 5.04. The molecule has 0 bridgehead atoms. The van der Waals surface area contributed by atoms with E-state index in [0.717, 1.165) is 0 Å². The Kier molecular flexibility index (Phi) is 4.39. The molecule has 0 fully saturated rings. The monoisotopic (exact) mass is 220 g/mol. The maximum Gasteiger partial charge on any atom is 0.261 e. The molecular weight excluding hydrogens is 204 g/mol. The second kappa shape index (κ2) is 5.80. The second-order valence-electron chi connectivity index (χ2n) is 3.37. The Hall–Kier alpha value is -1.97. The molecule has 0 spiro atoms. The van der Waals surface area contributed by atoms with Crippen molar-refractivity contribution in [3.8, 4) is 5.75 Å². The molecule has 3 N–H and O–H groups in total. The highest BCUT2D eigenvalue weighted by molar-refractivity contribution is 5.80. The molecule has 1 aromatic carbocycles. The predicted molar refractivity (Wildman–Crippen MR) is 64.2 cm³/mol. The fourth-order valence-electron chi connectivity index (χ4n) is 1.16. The summed E-state index contributed by atoms with van der Waals surface area (Å²) in [6, 6.07) is 6.97. The van der Waals surface area contributed by atoms with Crippen LogP contribution in [0.2, 0.25) is 0 Å². The first-order chi connectivity index (χ1) is 7.63. The molecule has 0 unspecified atom stereocenters. The number of anilines is 1. The van der Waals surface area contributed by atoms with E-state index < -0.39 is 6.10 Å². The minimum absolute atomic E-state index is 0.178. The van der Waals surface area contributed by atoms with Crippen LogP contribution in [0, 0.1) is 0 Å². The minimum atomic E-state index is -0.554. The van der Waals surface area contributed by atoms with Crippen LogP contribution >= 0.6 is 0 Å². The molecule has 0 saturated heterocycles. The summed E-state index contributed by atoms with van der Waals surface area (Å²) in [6.45, 7) is 5.63. The molecule has 1 aromatic rings. The van der Waals surface area contributed by atoms with Gasteiger partial charge in [-0.2, -0.15) is 0 Å². The molecule has 1 atom stereocenters. The van der Waals surface area contributed by atoms with Gasteiger partial charge in [-0.3, -0.25) is 4.79 Å². The smallest absolute Gasteiger partial charge is 0.261 e. The molecule has 86 valence electrons. The number of rotatable bonds is 5. The van der Waals surface area contributed by atoms with Gasteiger partial charge in [0.05, 0.1) is 0 Å². The summed E-state index contributed by atoms with van der Waals surface area (Å²) in [6.07, 6.45) is 1.06. The average Bonchev–Trinajstić information content (AvgIpc) is 2.25. The van der Waals surface area contributed by atoms with Gasteiger partial charge in [-0.05, 0) is 19.1 Å².